The summed E-state index contributed by atoms with van der Waals surface area (Å²) in [5, 5.41) is 11.3. The van der Waals surface area contributed by atoms with Gasteiger partial charge in [-0.25, -0.2) is 0 Å². The molecule has 2 aromatic rings. The van der Waals surface area contributed by atoms with Gasteiger partial charge in [-0.3, -0.25) is 4.79 Å². The Morgan fingerprint density at radius 1 is 1.15 bits per heavy atom. The van der Waals surface area contributed by atoms with Crippen molar-refractivity contribution in [1.29, 1.82) is 0 Å². The normalized spacial score (nSPS) is 18.1. The SMILES string of the molecule is COc1ccc(/C=N\N=C2\NC(=O)C(Cc3ccccc3C)S2)cc1OC. The summed E-state index contributed by atoms with van der Waals surface area (Å²) in [6, 6.07) is 13.6. The molecule has 1 saturated heterocycles. The second-order valence-electron chi connectivity index (χ2n) is 5.99. The Labute approximate surface area is 162 Å². The average Bonchev–Trinajstić information content (AvgIpc) is 3.02. The number of rotatable bonds is 6. The fourth-order valence-electron chi connectivity index (χ4n) is 2.71. The summed E-state index contributed by atoms with van der Waals surface area (Å²) in [5.74, 6) is 1.23. The smallest absolute Gasteiger partial charge is 0.239 e. The number of carbonyl (C=O) groups excluding carboxylic acids is 1. The van der Waals surface area contributed by atoms with Crippen molar-refractivity contribution >= 4 is 29.1 Å². The number of methoxy groups -OCH3 is 2. The lowest BCUT2D eigenvalue weighted by molar-refractivity contribution is -0.118. The first-order chi connectivity index (χ1) is 13.1. The highest BCUT2D eigenvalue weighted by molar-refractivity contribution is 8.15. The first-order valence-corrected chi connectivity index (χ1v) is 9.33. The third-order valence-corrected chi connectivity index (χ3v) is 5.28. The number of benzene rings is 2. The number of nitrogens with zero attached hydrogens (tertiary/aromatic N) is 2. The zero-order valence-electron chi connectivity index (χ0n) is 15.4. The van der Waals surface area contributed by atoms with Crippen LogP contribution in [0.2, 0.25) is 0 Å². The maximum Gasteiger partial charge on any atom is 0.239 e. The standard InChI is InChI=1S/C20H21N3O3S/c1-13-6-4-5-7-15(13)11-18-19(24)22-20(27-18)23-21-12-14-8-9-16(25-2)17(10-14)26-3/h4-10,12,18H,11H2,1-3H3,(H,22,23,24)/b21-12-. The van der Waals surface area contributed by atoms with Crippen LogP contribution in [0, 0.1) is 6.92 Å². The predicted molar refractivity (Wildman–Crippen MR) is 109 cm³/mol. The number of amides is 1. The Morgan fingerprint density at radius 2 is 1.93 bits per heavy atom. The molecule has 1 aliphatic rings. The van der Waals surface area contributed by atoms with Crippen LogP contribution in [0.25, 0.3) is 0 Å². The zero-order chi connectivity index (χ0) is 19.2. The zero-order valence-corrected chi connectivity index (χ0v) is 16.2. The maximum absolute atomic E-state index is 12.2. The van der Waals surface area contributed by atoms with E-state index in [1.165, 1.54) is 22.9 Å². The molecule has 0 spiro atoms. The molecule has 6 nitrogen and oxygen atoms in total. The highest BCUT2D eigenvalue weighted by atomic mass is 32.2. The van der Waals surface area contributed by atoms with Crippen LogP contribution in [0.3, 0.4) is 0 Å². The van der Waals surface area contributed by atoms with Gasteiger partial charge in [0.2, 0.25) is 5.91 Å². The largest absolute Gasteiger partial charge is 0.493 e. The van der Waals surface area contributed by atoms with E-state index in [-0.39, 0.29) is 11.2 Å². The van der Waals surface area contributed by atoms with E-state index in [1.807, 2.05) is 30.3 Å². The molecule has 1 unspecified atom stereocenters. The van der Waals surface area contributed by atoms with Crippen molar-refractivity contribution in [3.8, 4) is 11.5 Å². The van der Waals surface area contributed by atoms with Gasteiger partial charge in [-0.15, -0.1) is 5.10 Å². The summed E-state index contributed by atoms with van der Waals surface area (Å²) >= 11 is 1.40. The molecule has 2 aromatic carbocycles. The number of amidine groups is 1. The fraction of sp³-hybridized carbons (Fsp3) is 0.250. The molecule has 140 valence electrons. The van der Waals surface area contributed by atoms with Gasteiger partial charge in [0.05, 0.1) is 25.7 Å². The Morgan fingerprint density at radius 3 is 2.67 bits per heavy atom. The van der Waals surface area contributed by atoms with Gasteiger partial charge in [0.25, 0.3) is 0 Å². The summed E-state index contributed by atoms with van der Waals surface area (Å²) in [4.78, 5) is 12.2. The molecule has 7 heteroatoms. The number of hydrogen-bond donors (Lipinski definition) is 1. The summed E-state index contributed by atoms with van der Waals surface area (Å²) in [7, 11) is 3.17. The third-order valence-electron chi connectivity index (χ3n) is 4.21. The summed E-state index contributed by atoms with van der Waals surface area (Å²) in [6.07, 6.45) is 2.28. The van der Waals surface area contributed by atoms with Crippen molar-refractivity contribution in [2.75, 3.05) is 14.2 Å². The van der Waals surface area contributed by atoms with Crippen LogP contribution in [0.15, 0.2) is 52.7 Å². The Kier molecular flexibility index (Phi) is 6.13. The van der Waals surface area contributed by atoms with Gasteiger partial charge in [-0.1, -0.05) is 36.0 Å². The van der Waals surface area contributed by atoms with Gasteiger partial charge in [0, 0.05) is 0 Å². The molecule has 1 N–H and O–H groups in total. The number of thioether (sulfide) groups is 1. The molecule has 0 saturated carbocycles. The Hall–Kier alpha value is -2.80. The van der Waals surface area contributed by atoms with Gasteiger partial charge in [-0.2, -0.15) is 5.10 Å². The lowest BCUT2D eigenvalue weighted by Crippen LogP contribution is -2.26. The van der Waals surface area contributed by atoms with E-state index in [0.717, 1.165) is 5.56 Å². The first-order valence-electron chi connectivity index (χ1n) is 8.46. The molecule has 27 heavy (non-hydrogen) atoms. The number of aryl methyl sites for hydroxylation is 1. The molecule has 0 aromatic heterocycles. The van der Waals surface area contributed by atoms with Crippen LogP contribution >= 0.6 is 11.8 Å². The van der Waals surface area contributed by atoms with Crippen LogP contribution in [-0.4, -0.2) is 36.8 Å². The fourth-order valence-corrected chi connectivity index (χ4v) is 3.66. The molecular weight excluding hydrogens is 362 g/mol. The predicted octanol–water partition coefficient (Wildman–Crippen LogP) is 3.18. The van der Waals surface area contributed by atoms with E-state index < -0.39 is 0 Å². The minimum Gasteiger partial charge on any atom is -0.493 e. The molecule has 0 bridgehead atoms. The average molecular weight is 383 g/mol. The number of carbonyl (C=O) groups is 1. The lowest BCUT2D eigenvalue weighted by atomic mass is 10.0. The van der Waals surface area contributed by atoms with Gasteiger partial charge in [0.1, 0.15) is 0 Å². The van der Waals surface area contributed by atoms with Gasteiger partial charge < -0.3 is 14.8 Å². The van der Waals surface area contributed by atoms with Crippen molar-refractivity contribution in [2.45, 2.75) is 18.6 Å². The van der Waals surface area contributed by atoms with E-state index >= 15 is 0 Å². The van der Waals surface area contributed by atoms with Gasteiger partial charge in [-0.05, 0) is 48.2 Å². The van der Waals surface area contributed by atoms with Crippen LogP contribution in [0.5, 0.6) is 11.5 Å². The minimum absolute atomic E-state index is 0.0386. The number of hydrogen-bond acceptors (Lipinski definition) is 6. The Balaban J connectivity index is 1.65. The van der Waals surface area contributed by atoms with Gasteiger partial charge in [0.15, 0.2) is 16.7 Å². The highest BCUT2D eigenvalue weighted by Gasteiger charge is 2.30. The summed E-state index contributed by atoms with van der Waals surface area (Å²) in [6.45, 7) is 2.05. The van der Waals surface area contributed by atoms with E-state index in [0.29, 0.717) is 23.1 Å². The molecule has 0 aliphatic carbocycles. The van der Waals surface area contributed by atoms with Crippen LogP contribution in [0.4, 0.5) is 0 Å². The van der Waals surface area contributed by atoms with Crippen LogP contribution < -0.4 is 14.8 Å². The monoisotopic (exact) mass is 383 g/mol. The second kappa shape index (κ2) is 8.73. The van der Waals surface area contributed by atoms with Crippen molar-refractivity contribution in [3.05, 3.63) is 59.2 Å². The Bertz CT molecular complexity index is 896. The molecule has 0 radical (unpaired) electrons. The molecular formula is C20H21N3O3S. The molecule has 1 aliphatic heterocycles. The third kappa shape index (κ3) is 4.68. The second-order valence-corrected chi connectivity index (χ2v) is 7.18. The van der Waals surface area contributed by atoms with E-state index in [9.17, 15) is 4.79 Å². The number of nitrogens with one attached hydrogen (secondary N) is 1. The van der Waals surface area contributed by atoms with E-state index in [1.54, 1.807) is 26.5 Å². The molecule has 1 fully saturated rings. The van der Waals surface area contributed by atoms with Crippen molar-refractivity contribution < 1.29 is 14.3 Å². The number of ether oxygens (including phenoxy) is 2. The summed E-state index contributed by atoms with van der Waals surface area (Å²) < 4.78 is 10.5. The molecule has 1 amide bonds. The highest BCUT2D eigenvalue weighted by Crippen LogP contribution is 2.27. The summed E-state index contributed by atoms with van der Waals surface area (Å²) in [5.41, 5.74) is 3.17. The van der Waals surface area contributed by atoms with E-state index in [4.69, 9.17) is 9.47 Å². The maximum atomic E-state index is 12.2. The topological polar surface area (TPSA) is 72.3 Å². The van der Waals surface area contributed by atoms with Crippen LogP contribution in [-0.2, 0) is 11.2 Å². The molecule has 1 heterocycles. The van der Waals surface area contributed by atoms with Crippen LogP contribution in [0.1, 0.15) is 16.7 Å². The van der Waals surface area contributed by atoms with Crippen molar-refractivity contribution in [1.82, 2.24) is 5.32 Å². The first kappa shape index (κ1) is 19.0. The minimum atomic E-state index is -0.193. The van der Waals surface area contributed by atoms with Crippen molar-refractivity contribution in [3.63, 3.8) is 0 Å². The quantitative estimate of drug-likeness (QED) is 0.614. The lowest BCUT2D eigenvalue weighted by Gasteiger charge is -2.08. The molecule has 3 rings (SSSR count). The van der Waals surface area contributed by atoms with Gasteiger partial charge >= 0.3 is 0 Å². The molecule has 1 atom stereocenters. The van der Waals surface area contributed by atoms with E-state index in [2.05, 4.69) is 28.5 Å². The van der Waals surface area contributed by atoms with Crippen molar-refractivity contribution in [2.24, 2.45) is 10.2 Å².